The van der Waals surface area contributed by atoms with E-state index >= 15 is 0 Å². The monoisotopic (exact) mass is 356 g/mol. The highest BCUT2D eigenvalue weighted by atomic mass is 32.2. The van der Waals surface area contributed by atoms with Crippen molar-refractivity contribution in [3.8, 4) is 0 Å². The molecular formula is C17H25FN2O3S. The topological polar surface area (TPSA) is 49.9 Å². The van der Waals surface area contributed by atoms with Crippen LogP contribution in [0.5, 0.6) is 0 Å². The molecule has 5 nitrogen and oxygen atoms in total. The average molecular weight is 356 g/mol. The molecule has 0 radical (unpaired) electrons. The summed E-state index contributed by atoms with van der Waals surface area (Å²) in [5.41, 5.74) is 0.867. The third-order valence-corrected chi connectivity index (χ3v) is 7.11. The summed E-state index contributed by atoms with van der Waals surface area (Å²) < 4.78 is 48.0. The van der Waals surface area contributed by atoms with Gasteiger partial charge in [-0.05, 0) is 43.4 Å². The van der Waals surface area contributed by atoms with Crippen LogP contribution in [0.15, 0.2) is 24.3 Å². The van der Waals surface area contributed by atoms with Crippen molar-refractivity contribution in [3.05, 3.63) is 35.6 Å². The van der Waals surface area contributed by atoms with E-state index in [-0.39, 0.29) is 18.0 Å². The Morgan fingerprint density at radius 3 is 2.33 bits per heavy atom. The summed E-state index contributed by atoms with van der Waals surface area (Å²) in [4.78, 5) is 0. The quantitative estimate of drug-likeness (QED) is 0.833. The van der Waals surface area contributed by atoms with Crippen LogP contribution in [0.2, 0.25) is 0 Å². The van der Waals surface area contributed by atoms with Crippen LogP contribution in [0.1, 0.15) is 43.7 Å². The van der Waals surface area contributed by atoms with Crippen molar-refractivity contribution in [3.63, 3.8) is 0 Å². The fourth-order valence-electron chi connectivity index (χ4n) is 3.65. The maximum absolute atomic E-state index is 13.2. The number of hydrogen-bond donors (Lipinski definition) is 0. The molecule has 24 heavy (non-hydrogen) atoms. The lowest BCUT2D eigenvalue weighted by molar-refractivity contribution is 0.0582. The van der Waals surface area contributed by atoms with Crippen LogP contribution in [0, 0.1) is 5.82 Å². The number of halogens is 1. The SMILES string of the molecule is COC1CCN(S(=O)(=O)N2CCCCC2c2ccc(F)cc2)CC1. The lowest BCUT2D eigenvalue weighted by Crippen LogP contribution is -2.50. The normalized spacial score (nSPS) is 25.0. The molecule has 1 aromatic carbocycles. The smallest absolute Gasteiger partial charge is 0.282 e. The fourth-order valence-corrected chi connectivity index (χ4v) is 5.52. The zero-order valence-corrected chi connectivity index (χ0v) is 14.8. The molecule has 2 aliphatic heterocycles. The van der Waals surface area contributed by atoms with Crippen LogP contribution in [0.3, 0.4) is 0 Å². The Hall–Kier alpha value is -1.02. The van der Waals surface area contributed by atoms with E-state index in [1.165, 1.54) is 12.1 Å². The molecular weight excluding hydrogens is 331 g/mol. The van der Waals surface area contributed by atoms with E-state index in [4.69, 9.17) is 4.74 Å². The summed E-state index contributed by atoms with van der Waals surface area (Å²) >= 11 is 0. The summed E-state index contributed by atoms with van der Waals surface area (Å²) in [5.74, 6) is -0.300. The first-order valence-electron chi connectivity index (χ1n) is 8.57. The van der Waals surface area contributed by atoms with Gasteiger partial charge in [-0.3, -0.25) is 0 Å². The van der Waals surface area contributed by atoms with E-state index in [9.17, 15) is 12.8 Å². The summed E-state index contributed by atoms with van der Waals surface area (Å²) in [6.45, 7) is 1.51. The van der Waals surface area contributed by atoms with Gasteiger partial charge in [0.05, 0.1) is 12.1 Å². The minimum Gasteiger partial charge on any atom is -0.381 e. The van der Waals surface area contributed by atoms with Crippen molar-refractivity contribution >= 4 is 10.2 Å². The van der Waals surface area contributed by atoms with Gasteiger partial charge >= 0.3 is 0 Å². The van der Waals surface area contributed by atoms with Crippen LogP contribution in [-0.4, -0.2) is 49.9 Å². The van der Waals surface area contributed by atoms with Crippen molar-refractivity contribution in [2.24, 2.45) is 0 Å². The zero-order valence-electron chi connectivity index (χ0n) is 14.0. The molecule has 0 aliphatic carbocycles. The first-order valence-corrected chi connectivity index (χ1v) is 9.97. The van der Waals surface area contributed by atoms with Gasteiger partial charge in [-0.15, -0.1) is 0 Å². The molecule has 2 aliphatic rings. The van der Waals surface area contributed by atoms with Crippen LogP contribution in [0.25, 0.3) is 0 Å². The Kier molecular flexibility index (Phi) is 5.54. The molecule has 2 heterocycles. The van der Waals surface area contributed by atoms with Gasteiger partial charge in [0.15, 0.2) is 0 Å². The van der Waals surface area contributed by atoms with Gasteiger partial charge in [-0.25, -0.2) is 4.39 Å². The number of hydrogen-bond acceptors (Lipinski definition) is 3. The van der Waals surface area contributed by atoms with Crippen molar-refractivity contribution in [1.29, 1.82) is 0 Å². The Morgan fingerprint density at radius 1 is 1.04 bits per heavy atom. The molecule has 0 N–H and O–H groups in total. The molecule has 134 valence electrons. The summed E-state index contributed by atoms with van der Waals surface area (Å²) in [6, 6.07) is 6.00. The van der Waals surface area contributed by atoms with E-state index in [2.05, 4.69) is 0 Å². The predicted molar refractivity (Wildman–Crippen MR) is 90.2 cm³/mol. The summed E-state index contributed by atoms with van der Waals surface area (Å²) in [6.07, 6.45) is 4.23. The second kappa shape index (κ2) is 7.47. The van der Waals surface area contributed by atoms with Gasteiger partial charge in [-0.1, -0.05) is 18.6 Å². The molecule has 1 unspecified atom stereocenters. The number of piperidine rings is 2. The van der Waals surface area contributed by atoms with Crippen LogP contribution >= 0.6 is 0 Å². The number of ether oxygens (including phenoxy) is 1. The third kappa shape index (κ3) is 3.64. The highest BCUT2D eigenvalue weighted by Gasteiger charge is 2.38. The lowest BCUT2D eigenvalue weighted by atomic mass is 9.97. The van der Waals surface area contributed by atoms with Gasteiger partial charge < -0.3 is 4.74 Å². The Morgan fingerprint density at radius 2 is 1.71 bits per heavy atom. The molecule has 0 bridgehead atoms. The minimum atomic E-state index is -3.51. The second-order valence-corrected chi connectivity index (χ2v) is 8.40. The maximum Gasteiger partial charge on any atom is 0.282 e. The van der Waals surface area contributed by atoms with Gasteiger partial charge in [-0.2, -0.15) is 17.0 Å². The molecule has 0 aromatic heterocycles. The molecule has 0 spiro atoms. The second-order valence-electron chi connectivity index (χ2n) is 6.52. The van der Waals surface area contributed by atoms with Crippen LogP contribution in [-0.2, 0) is 14.9 Å². The van der Waals surface area contributed by atoms with E-state index in [1.54, 1.807) is 27.9 Å². The van der Waals surface area contributed by atoms with Crippen molar-refractivity contribution in [2.75, 3.05) is 26.7 Å². The molecule has 0 saturated carbocycles. The number of methoxy groups -OCH3 is 1. The minimum absolute atomic E-state index is 0.144. The van der Waals surface area contributed by atoms with Crippen molar-refractivity contribution in [1.82, 2.24) is 8.61 Å². The van der Waals surface area contributed by atoms with Gasteiger partial charge in [0.1, 0.15) is 5.82 Å². The first kappa shape index (κ1) is 17.8. The molecule has 3 rings (SSSR count). The highest BCUT2D eigenvalue weighted by molar-refractivity contribution is 7.86. The molecule has 2 fully saturated rings. The maximum atomic E-state index is 13.2. The Balaban J connectivity index is 1.80. The van der Waals surface area contributed by atoms with Crippen molar-refractivity contribution < 1.29 is 17.5 Å². The van der Waals surface area contributed by atoms with Crippen LogP contribution < -0.4 is 0 Å². The standard InChI is InChI=1S/C17H25FN2O3S/c1-23-16-9-12-19(13-10-16)24(21,22)20-11-3-2-4-17(20)14-5-7-15(18)8-6-14/h5-8,16-17H,2-4,9-13H2,1H3. The lowest BCUT2D eigenvalue weighted by Gasteiger charge is -2.40. The summed E-state index contributed by atoms with van der Waals surface area (Å²) in [7, 11) is -1.84. The first-order chi connectivity index (χ1) is 11.5. The van der Waals surface area contributed by atoms with Gasteiger partial charge in [0, 0.05) is 26.7 Å². The highest BCUT2D eigenvalue weighted by Crippen LogP contribution is 2.35. The molecule has 2 saturated heterocycles. The Labute approximate surface area is 143 Å². The molecule has 1 aromatic rings. The number of benzene rings is 1. The Bertz CT molecular complexity index is 642. The molecule has 0 amide bonds. The third-order valence-electron chi connectivity index (χ3n) is 5.07. The molecule has 1 atom stereocenters. The van der Waals surface area contributed by atoms with Crippen LogP contribution in [0.4, 0.5) is 4.39 Å². The van der Waals surface area contributed by atoms with Gasteiger partial charge in [0.25, 0.3) is 10.2 Å². The van der Waals surface area contributed by atoms with E-state index in [0.29, 0.717) is 19.6 Å². The predicted octanol–water partition coefficient (Wildman–Crippen LogP) is 2.71. The fraction of sp³-hybridized carbons (Fsp3) is 0.647. The van der Waals surface area contributed by atoms with Gasteiger partial charge in [0.2, 0.25) is 0 Å². The number of nitrogens with zero attached hydrogens (tertiary/aromatic N) is 2. The summed E-state index contributed by atoms with van der Waals surface area (Å²) in [5, 5.41) is 0. The van der Waals surface area contributed by atoms with E-state index in [1.807, 2.05) is 0 Å². The van der Waals surface area contributed by atoms with E-state index < -0.39 is 10.2 Å². The molecule has 7 heteroatoms. The largest absolute Gasteiger partial charge is 0.381 e. The zero-order chi connectivity index (χ0) is 17.2. The van der Waals surface area contributed by atoms with E-state index in [0.717, 1.165) is 37.7 Å². The average Bonchev–Trinajstić information content (AvgIpc) is 2.62. The van der Waals surface area contributed by atoms with Crippen molar-refractivity contribution in [2.45, 2.75) is 44.2 Å². The number of rotatable bonds is 4.